The van der Waals surface area contributed by atoms with Crippen molar-refractivity contribution in [3.05, 3.63) is 54.6 Å². The van der Waals surface area contributed by atoms with Crippen LogP contribution in [0.4, 0.5) is 10.5 Å². The summed E-state index contributed by atoms with van der Waals surface area (Å²) in [5, 5.41) is 2.51. The Bertz CT molecular complexity index is 762. The van der Waals surface area contributed by atoms with Gasteiger partial charge < -0.3 is 14.3 Å². The summed E-state index contributed by atoms with van der Waals surface area (Å²) in [6.07, 6.45) is 0. The van der Waals surface area contributed by atoms with Gasteiger partial charge in [-0.1, -0.05) is 24.3 Å². The van der Waals surface area contributed by atoms with Crippen molar-refractivity contribution in [2.45, 2.75) is 6.92 Å². The van der Waals surface area contributed by atoms with E-state index in [4.69, 9.17) is 9.02 Å². The zero-order valence-electron chi connectivity index (χ0n) is 12.4. The first-order valence-corrected chi connectivity index (χ1v) is 8.37. The number of benzene rings is 2. The second-order valence-corrected chi connectivity index (χ2v) is 6.29. The van der Waals surface area contributed by atoms with Crippen LogP contribution in [0.3, 0.4) is 0 Å². The first-order chi connectivity index (χ1) is 11.0. The molecule has 0 fully saturated rings. The van der Waals surface area contributed by atoms with Crippen LogP contribution >= 0.6 is 0 Å². The van der Waals surface area contributed by atoms with Crippen molar-refractivity contribution in [1.29, 1.82) is 0 Å². The van der Waals surface area contributed by atoms with Gasteiger partial charge in [-0.15, -0.1) is 0 Å². The molecule has 0 bridgehead atoms. The largest absolute Gasteiger partial charge is 0.382 e. The molecule has 0 aliphatic heterocycles. The fraction of sp³-hybridized carbons (Fsp3) is 0.133. The molecule has 2 N–H and O–H groups in total. The van der Waals surface area contributed by atoms with Crippen LogP contribution in [0.5, 0.6) is 11.5 Å². The predicted molar refractivity (Wildman–Crippen MR) is 85.8 cm³/mol. The van der Waals surface area contributed by atoms with E-state index in [2.05, 4.69) is 10.8 Å². The number of urea groups is 1. The summed E-state index contributed by atoms with van der Waals surface area (Å²) in [4.78, 5) is 16.8. The van der Waals surface area contributed by atoms with Crippen LogP contribution in [-0.2, 0) is 10.1 Å². The summed E-state index contributed by atoms with van der Waals surface area (Å²) < 4.78 is 27.7. The molecule has 8 heteroatoms. The van der Waals surface area contributed by atoms with Crippen LogP contribution in [0.15, 0.2) is 54.6 Å². The number of hydrogen-bond donors (Lipinski definition) is 2. The molecule has 0 saturated carbocycles. The van der Waals surface area contributed by atoms with E-state index in [1.54, 1.807) is 36.4 Å². The summed E-state index contributed by atoms with van der Waals surface area (Å²) in [5.41, 5.74) is 2.58. The Hall–Kier alpha value is -2.74. The van der Waals surface area contributed by atoms with Crippen LogP contribution in [0.25, 0.3) is 0 Å². The van der Waals surface area contributed by atoms with Gasteiger partial charge in [0.05, 0.1) is 5.75 Å². The predicted octanol–water partition coefficient (Wildman–Crippen LogP) is 2.53. The van der Waals surface area contributed by atoms with Crippen molar-refractivity contribution < 1.29 is 22.2 Å². The summed E-state index contributed by atoms with van der Waals surface area (Å²) in [7, 11) is -3.62. The third-order valence-electron chi connectivity index (χ3n) is 2.67. The highest BCUT2D eigenvalue weighted by molar-refractivity contribution is 7.87. The minimum absolute atomic E-state index is 0.119. The lowest BCUT2D eigenvalue weighted by atomic mass is 10.3. The quantitative estimate of drug-likeness (QED) is 0.624. The highest BCUT2D eigenvalue weighted by Gasteiger charge is 2.10. The van der Waals surface area contributed by atoms with Gasteiger partial charge in [-0.05, 0) is 31.2 Å². The smallest absolute Gasteiger partial charge is 0.352 e. The fourth-order valence-electron chi connectivity index (χ4n) is 1.58. The van der Waals surface area contributed by atoms with E-state index in [0.717, 1.165) is 0 Å². The van der Waals surface area contributed by atoms with Gasteiger partial charge in [0.2, 0.25) is 0 Å². The number of nitrogens with one attached hydrogen (secondary N) is 2. The maximum Gasteiger partial charge on any atom is 0.352 e. The van der Waals surface area contributed by atoms with Crippen molar-refractivity contribution in [2.24, 2.45) is 0 Å². The molecule has 0 atom stereocenters. The Morgan fingerprint density at radius 1 is 1.04 bits per heavy atom. The van der Waals surface area contributed by atoms with E-state index in [-0.39, 0.29) is 11.5 Å². The second-order valence-electron chi connectivity index (χ2n) is 4.43. The lowest BCUT2D eigenvalue weighted by Crippen LogP contribution is -2.31. The molecule has 0 heterocycles. The van der Waals surface area contributed by atoms with E-state index in [1.807, 2.05) is 6.07 Å². The van der Waals surface area contributed by atoms with Crippen molar-refractivity contribution >= 4 is 21.8 Å². The van der Waals surface area contributed by atoms with E-state index in [1.165, 1.54) is 19.1 Å². The Balaban J connectivity index is 1.93. The van der Waals surface area contributed by atoms with Gasteiger partial charge in [-0.3, -0.25) is 0 Å². The molecular weight excluding hydrogens is 320 g/mol. The van der Waals surface area contributed by atoms with Crippen LogP contribution in [0.1, 0.15) is 6.92 Å². The van der Waals surface area contributed by atoms with Crippen LogP contribution < -0.4 is 19.8 Å². The molecule has 2 aromatic rings. The molecule has 0 aliphatic carbocycles. The summed E-state index contributed by atoms with van der Waals surface area (Å²) in [5.74, 6) is 0.457. The first kappa shape index (κ1) is 16.6. The second kappa shape index (κ2) is 7.50. The highest BCUT2D eigenvalue weighted by Crippen LogP contribution is 2.19. The lowest BCUT2D eigenvalue weighted by Gasteiger charge is -2.10. The molecule has 0 unspecified atom stereocenters. The number of para-hydroxylation sites is 1. The van der Waals surface area contributed by atoms with Gasteiger partial charge in [0, 0.05) is 11.8 Å². The van der Waals surface area contributed by atoms with Gasteiger partial charge in [-0.25, -0.2) is 4.79 Å². The van der Waals surface area contributed by atoms with Crippen LogP contribution in [0, 0.1) is 0 Å². The molecule has 2 amide bonds. The average molecular weight is 336 g/mol. The molecule has 0 aromatic heterocycles. The number of anilines is 1. The molecule has 0 aliphatic rings. The molecule has 0 spiro atoms. The number of amides is 2. The summed E-state index contributed by atoms with van der Waals surface area (Å²) in [6, 6.07) is 14.2. The van der Waals surface area contributed by atoms with Crippen molar-refractivity contribution in [3.63, 3.8) is 0 Å². The SMILES string of the molecule is CCS(=O)(=O)Oc1cccc(NC(=O)NOc2ccccc2)c1. The Morgan fingerprint density at radius 2 is 1.74 bits per heavy atom. The number of hydrogen-bond acceptors (Lipinski definition) is 5. The number of carbonyl (C=O) groups is 1. The van der Waals surface area contributed by atoms with Gasteiger partial charge in [0.1, 0.15) is 5.75 Å². The number of carbonyl (C=O) groups excluding carboxylic acids is 1. The topological polar surface area (TPSA) is 93.7 Å². The standard InChI is InChI=1S/C15H16N2O5S/c1-2-23(19,20)22-14-10-6-7-12(11-14)16-15(18)17-21-13-8-4-3-5-9-13/h3-11H,2H2,1H3,(H2,16,17,18). The molecular formula is C15H16N2O5S. The zero-order valence-corrected chi connectivity index (χ0v) is 13.2. The van der Waals surface area contributed by atoms with Gasteiger partial charge in [0.25, 0.3) is 0 Å². The van der Waals surface area contributed by atoms with Gasteiger partial charge in [0.15, 0.2) is 5.75 Å². The zero-order chi connectivity index (χ0) is 16.7. The van der Waals surface area contributed by atoms with Crippen LogP contribution in [-0.4, -0.2) is 20.2 Å². The Morgan fingerprint density at radius 3 is 2.43 bits per heavy atom. The van der Waals surface area contributed by atoms with Gasteiger partial charge in [-0.2, -0.15) is 13.9 Å². The maximum absolute atomic E-state index is 11.7. The number of hydroxylamine groups is 1. The van der Waals surface area contributed by atoms with Crippen molar-refractivity contribution in [3.8, 4) is 11.5 Å². The molecule has 7 nitrogen and oxygen atoms in total. The van der Waals surface area contributed by atoms with Gasteiger partial charge >= 0.3 is 16.1 Å². The molecule has 122 valence electrons. The minimum Gasteiger partial charge on any atom is -0.382 e. The lowest BCUT2D eigenvalue weighted by molar-refractivity contribution is 0.189. The third-order valence-corrected chi connectivity index (χ3v) is 3.83. The molecule has 23 heavy (non-hydrogen) atoms. The average Bonchev–Trinajstić information content (AvgIpc) is 2.54. The first-order valence-electron chi connectivity index (χ1n) is 6.79. The minimum atomic E-state index is -3.62. The van der Waals surface area contributed by atoms with Crippen molar-refractivity contribution in [2.75, 3.05) is 11.1 Å². The van der Waals surface area contributed by atoms with E-state index < -0.39 is 16.1 Å². The van der Waals surface area contributed by atoms with E-state index in [0.29, 0.717) is 11.4 Å². The number of rotatable bonds is 6. The van der Waals surface area contributed by atoms with E-state index in [9.17, 15) is 13.2 Å². The Labute approximate surface area is 134 Å². The highest BCUT2D eigenvalue weighted by atomic mass is 32.2. The molecule has 2 aromatic carbocycles. The Kier molecular flexibility index (Phi) is 5.42. The summed E-state index contributed by atoms with van der Waals surface area (Å²) in [6.45, 7) is 1.48. The molecule has 0 radical (unpaired) electrons. The normalized spacial score (nSPS) is 10.7. The molecule has 0 saturated heterocycles. The third kappa shape index (κ3) is 5.51. The monoisotopic (exact) mass is 336 g/mol. The van der Waals surface area contributed by atoms with Crippen molar-refractivity contribution in [1.82, 2.24) is 5.48 Å². The van der Waals surface area contributed by atoms with Crippen LogP contribution in [0.2, 0.25) is 0 Å². The fourth-order valence-corrected chi connectivity index (χ4v) is 2.10. The maximum atomic E-state index is 11.7. The summed E-state index contributed by atoms with van der Waals surface area (Å²) >= 11 is 0. The molecule has 2 rings (SSSR count). The van der Waals surface area contributed by atoms with E-state index >= 15 is 0 Å².